The van der Waals surface area contributed by atoms with E-state index in [0.717, 1.165) is 44.1 Å². The van der Waals surface area contributed by atoms with Crippen LogP contribution < -0.4 is 5.32 Å². The first-order chi connectivity index (χ1) is 14.0. The predicted octanol–water partition coefficient (Wildman–Crippen LogP) is 2.67. The van der Waals surface area contributed by atoms with Gasteiger partial charge in [-0.1, -0.05) is 43.2 Å². The zero-order valence-electron chi connectivity index (χ0n) is 16.6. The second-order valence-corrected chi connectivity index (χ2v) is 8.79. The molecular formula is C22H30N2O4S. The second-order valence-electron chi connectivity index (χ2n) is 8.17. The maximum atomic E-state index is 13.2. The number of nitrogens with one attached hydrogen (secondary N) is 1. The van der Waals surface area contributed by atoms with Gasteiger partial charge in [0.05, 0.1) is 5.25 Å². The molecule has 0 radical (unpaired) electrons. The molecule has 1 heterocycles. The Balaban J connectivity index is 1.67. The summed E-state index contributed by atoms with van der Waals surface area (Å²) in [5, 5.41) is 11.6. The van der Waals surface area contributed by atoms with Crippen molar-refractivity contribution in [1.82, 2.24) is 10.2 Å². The molecule has 158 valence electrons. The van der Waals surface area contributed by atoms with E-state index < -0.39 is 17.3 Å². The molecule has 3 rings (SSSR count). The molecule has 7 heteroatoms. The third-order valence-corrected chi connectivity index (χ3v) is 6.53. The first-order valence-electron chi connectivity index (χ1n) is 10.5. The van der Waals surface area contributed by atoms with Crippen LogP contribution in [-0.2, 0) is 20.8 Å². The van der Waals surface area contributed by atoms with Crippen molar-refractivity contribution >= 4 is 30.4 Å². The lowest BCUT2D eigenvalue weighted by atomic mass is 9.93. The predicted molar refractivity (Wildman–Crippen MR) is 114 cm³/mol. The highest BCUT2D eigenvalue weighted by atomic mass is 32.1. The van der Waals surface area contributed by atoms with Gasteiger partial charge in [-0.2, -0.15) is 12.6 Å². The lowest BCUT2D eigenvalue weighted by Gasteiger charge is -2.34. The van der Waals surface area contributed by atoms with E-state index in [0.29, 0.717) is 18.8 Å². The molecular weight excluding hydrogens is 388 g/mol. The molecule has 1 saturated heterocycles. The number of amides is 2. The molecule has 0 bridgehead atoms. The maximum Gasteiger partial charge on any atom is 0.323 e. The molecule has 2 N–H and O–H groups in total. The normalized spacial score (nSPS) is 24.2. The van der Waals surface area contributed by atoms with Crippen LogP contribution in [0.25, 0.3) is 0 Å². The van der Waals surface area contributed by atoms with Crippen molar-refractivity contribution in [2.24, 2.45) is 5.92 Å². The fourth-order valence-electron chi connectivity index (χ4n) is 4.68. The minimum Gasteiger partial charge on any atom is -0.480 e. The molecule has 1 saturated carbocycles. The minimum atomic E-state index is -1.01. The van der Waals surface area contributed by atoms with E-state index in [1.165, 1.54) is 4.90 Å². The number of benzene rings is 1. The smallest absolute Gasteiger partial charge is 0.323 e. The van der Waals surface area contributed by atoms with Gasteiger partial charge < -0.3 is 15.3 Å². The van der Waals surface area contributed by atoms with E-state index in [-0.39, 0.29) is 24.4 Å². The molecule has 2 fully saturated rings. The molecule has 29 heavy (non-hydrogen) atoms. The van der Waals surface area contributed by atoms with Crippen molar-refractivity contribution in [1.29, 1.82) is 0 Å². The number of carbonyl (C=O) groups is 3. The number of hydrogen-bond donors (Lipinski definition) is 3. The van der Waals surface area contributed by atoms with Gasteiger partial charge >= 0.3 is 5.97 Å². The number of carboxylic acids is 1. The third kappa shape index (κ3) is 5.75. The van der Waals surface area contributed by atoms with E-state index in [9.17, 15) is 19.5 Å². The average Bonchev–Trinajstić information content (AvgIpc) is 3.18. The summed E-state index contributed by atoms with van der Waals surface area (Å²) in [6.07, 6.45) is 6.96. The number of hydrogen-bond acceptors (Lipinski definition) is 4. The Morgan fingerprint density at radius 3 is 2.45 bits per heavy atom. The molecule has 3 unspecified atom stereocenters. The van der Waals surface area contributed by atoms with Crippen LogP contribution >= 0.6 is 12.6 Å². The van der Waals surface area contributed by atoms with Crippen LogP contribution in [0.1, 0.15) is 50.5 Å². The van der Waals surface area contributed by atoms with Crippen molar-refractivity contribution < 1.29 is 19.5 Å². The van der Waals surface area contributed by atoms with Gasteiger partial charge in [0.15, 0.2) is 0 Å². The Kier molecular flexibility index (Phi) is 7.58. The Morgan fingerprint density at radius 1 is 1.10 bits per heavy atom. The Bertz CT molecular complexity index is 721. The van der Waals surface area contributed by atoms with Gasteiger partial charge in [0.25, 0.3) is 0 Å². The van der Waals surface area contributed by atoms with Gasteiger partial charge in [-0.3, -0.25) is 14.4 Å². The molecule has 1 aliphatic carbocycles. The van der Waals surface area contributed by atoms with E-state index in [1.807, 2.05) is 30.3 Å². The van der Waals surface area contributed by atoms with E-state index >= 15 is 0 Å². The third-order valence-electron chi connectivity index (χ3n) is 6.11. The molecule has 2 amide bonds. The van der Waals surface area contributed by atoms with Gasteiger partial charge in [0.2, 0.25) is 11.8 Å². The standard InChI is InChI=1S/C22H30N2O4S/c25-20(26)14-24-18(16-9-4-5-10-16)12-6-11-17(22(24)28)23-21(27)19(29)13-15-7-2-1-3-8-15/h1-3,7-8,16-19,29H,4-6,9-14H2,(H,23,27)(H,25,26). The zero-order chi connectivity index (χ0) is 20.8. The van der Waals surface area contributed by atoms with E-state index in [2.05, 4.69) is 17.9 Å². The quantitative estimate of drug-likeness (QED) is 0.594. The molecule has 1 aromatic rings. The summed E-state index contributed by atoms with van der Waals surface area (Å²) in [6, 6.07) is 8.89. The average molecular weight is 419 g/mol. The number of carbonyl (C=O) groups excluding carboxylic acids is 2. The molecule has 2 aliphatic rings. The monoisotopic (exact) mass is 418 g/mol. The fourth-order valence-corrected chi connectivity index (χ4v) is 4.96. The van der Waals surface area contributed by atoms with Gasteiger partial charge in [-0.15, -0.1) is 0 Å². The van der Waals surface area contributed by atoms with Crippen molar-refractivity contribution in [2.45, 2.75) is 68.7 Å². The highest BCUT2D eigenvalue weighted by molar-refractivity contribution is 7.81. The zero-order valence-corrected chi connectivity index (χ0v) is 17.5. The Labute approximate surface area is 177 Å². The lowest BCUT2D eigenvalue weighted by molar-refractivity contribution is -0.148. The summed E-state index contributed by atoms with van der Waals surface area (Å²) in [5.41, 5.74) is 1.00. The summed E-state index contributed by atoms with van der Waals surface area (Å²) < 4.78 is 0. The van der Waals surface area contributed by atoms with Crippen LogP contribution in [0.15, 0.2) is 30.3 Å². The van der Waals surface area contributed by atoms with Crippen LogP contribution in [0.2, 0.25) is 0 Å². The van der Waals surface area contributed by atoms with Crippen molar-refractivity contribution in [2.75, 3.05) is 6.54 Å². The largest absolute Gasteiger partial charge is 0.480 e. The number of aliphatic carboxylic acids is 1. The summed E-state index contributed by atoms with van der Waals surface area (Å²) >= 11 is 4.43. The molecule has 0 aromatic heterocycles. The topological polar surface area (TPSA) is 86.7 Å². The van der Waals surface area contributed by atoms with Crippen LogP contribution in [-0.4, -0.2) is 51.7 Å². The highest BCUT2D eigenvalue weighted by Crippen LogP contribution is 2.34. The van der Waals surface area contributed by atoms with Crippen molar-refractivity contribution in [3.63, 3.8) is 0 Å². The van der Waals surface area contributed by atoms with Gasteiger partial charge in [0.1, 0.15) is 12.6 Å². The Morgan fingerprint density at radius 2 is 1.79 bits per heavy atom. The maximum absolute atomic E-state index is 13.2. The van der Waals surface area contributed by atoms with Crippen LogP contribution in [0.5, 0.6) is 0 Å². The molecule has 0 spiro atoms. The van der Waals surface area contributed by atoms with Crippen LogP contribution in [0.4, 0.5) is 0 Å². The van der Waals surface area contributed by atoms with Crippen LogP contribution in [0, 0.1) is 5.92 Å². The summed E-state index contributed by atoms with van der Waals surface area (Å²) in [7, 11) is 0. The molecule has 3 atom stereocenters. The number of nitrogens with zero attached hydrogens (tertiary/aromatic N) is 1. The summed E-state index contributed by atoms with van der Waals surface area (Å²) in [4.78, 5) is 38.8. The fraction of sp³-hybridized carbons (Fsp3) is 0.591. The second kappa shape index (κ2) is 10.1. The summed E-state index contributed by atoms with van der Waals surface area (Å²) in [5.74, 6) is -1.20. The minimum absolute atomic E-state index is 0.0425. The van der Waals surface area contributed by atoms with Gasteiger partial charge in [-0.25, -0.2) is 0 Å². The van der Waals surface area contributed by atoms with Crippen molar-refractivity contribution in [3.05, 3.63) is 35.9 Å². The summed E-state index contributed by atoms with van der Waals surface area (Å²) in [6.45, 7) is -0.305. The first kappa shape index (κ1) is 21.7. The van der Waals surface area contributed by atoms with Gasteiger partial charge in [0, 0.05) is 6.04 Å². The highest BCUT2D eigenvalue weighted by Gasteiger charge is 2.39. The van der Waals surface area contributed by atoms with E-state index in [1.54, 1.807) is 0 Å². The number of likely N-dealkylation sites (tertiary alicyclic amines) is 1. The lowest BCUT2D eigenvalue weighted by Crippen LogP contribution is -2.54. The Hall–Kier alpha value is -2.02. The van der Waals surface area contributed by atoms with E-state index in [4.69, 9.17) is 0 Å². The number of rotatable bonds is 7. The van der Waals surface area contributed by atoms with Crippen LogP contribution in [0.3, 0.4) is 0 Å². The van der Waals surface area contributed by atoms with Gasteiger partial charge in [-0.05, 0) is 50.0 Å². The molecule has 6 nitrogen and oxygen atoms in total. The number of thiol groups is 1. The number of carboxylic acid groups (broad SMARTS) is 1. The molecule has 1 aromatic carbocycles. The SMILES string of the molecule is O=C(O)CN1C(=O)C(NC(=O)C(S)Cc2ccccc2)CCCC1C1CCCC1. The first-order valence-corrected chi connectivity index (χ1v) is 11.0. The van der Waals surface area contributed by atoms with Crippen molar-refractivity contribution in [3.8, 4) is 0 Å². The molecule has 1 aliphatic heterocycles.